The second-order valence-corrected chi connectivity index (χ2v) is 3.08. The van der Waals surface area contributed by atoms with Crippen LogP contribution in [-0.2, 0) is 6.61 Å². The Kier molecular flexibility index (Phi) is 2.65. The van der Waals surface area contributed by atoms with Crippen molar-refractivity contribution in [3.63, 3.8) is 0 Å². The van der Waals surface area contributed by atoms with Crippen LogP contribution in [0.3, 0.4) is 0 Å². The lowest BCUT2D eigenvalue weighted by Crippen LogP contribution is -1.86. The topological polar surface area (TPSA) is 89.4 Å². The van der Waals surface area contributed by atoms with Gasteiger partial charge in [-0.3, -0.25) is 10.1 Å². The molecule has 0 atom stereocenters. The minimum atomic E-state index is -0.469. The van der Waals surface area contributed by atoms with Gasteiger partial charge in [0.05, 0.1) is 11.1 Å². The number of rotatable bonds is 3. The molecule has 0 saturated carbocycles. The number of oxazole rings is 1. The number of non-ortho nitro benzene ring substituents is 1. The Morgan fingerprint density at radius 1 is 1.38 bits per heavy atom. The molecule has 0 amide bonds. The summed E-state index contributed by atoms with van der Waals surface area (Å²) in [5.41, 5.74) is 0.698. The molecule has 0 bridgehead atoms. The molecule has 0 unspecified atom stereocenters. The van der Waals surface area contributed by atoms with E-state index in [1.165, 1.54) is 18.3 Å². The minimum absolute atomic E-state index is 0.0191. The van der Waals surface area contributed by atoms with Crippen molar-refractivity contribution in [2.24, 2.45) is 0 Å². The Hall–Kier alpha value is -2.21. The molecule has 0 spiro atoms. The molecular weight excluding hydrogens is 212 g/mol. The van der Waals surface area contributed by atoms with Gasteiger partial charge in [0.15, 0.2) is 5.76 Å². The maximum atomic E-state index is 10.4. The van der Waals surface area contributed by atoms with E-state index in [0.717, 1.165) is 0 Å². The Morgan fingerprint density at radius 2 is 2.06 bits per heavy atom. The van der Waals surface area contributed by atoms with Crippen LogP contribution in [0.5, 0.6) is 0 Å². The lowest BCUT2D eigenvalue weighted by Gasteiger charge is -1.95. The second-order valence-electron chi connectivity index (χ2n) is 3.08. The molecule has 0 radical (unpaired) electrons. The normalized spacial score (nSPS) is 10.3. The SMILES string of the molecule is O=[N+]([O-])c1ccc(-c2cnc(CO)o2)cc1. The smallest absolute Gasteiger partial charge is 0.269 e. The monoisotopic (exact) mass is 220 g/mol. The number of nitro groups is 1. The zero-order valence-corrected chi connectivity index (χ0v) is 8.16. The highest BCUT2D eigenvalue weighted by Crippen LogP contribution is 2.22. The molecule has 82 valence electrons. The Bertz CT molecular complexity index is 504. The summed E-state index contributed by atoms with van der Waals surface area (Å²) >= 11 is 0. The largest absolute Gasteiger partial charge is 0.438 e. The number of hydrogen-bond donors (Lipinski definition) is 1. The average molecular weight is 220 g/mol. The average Bonchev–Trinajstić information content (AvgIpc) is 2.77. The number of nitrogens with zero attached hydrogens (tertiary/aromatic N) is 2. The third-order valence-corrected chi connectivity index (χ3v) is 2.05. The fourth-order valence-electron chi connectivity index (χ4n) is 1.26. The van der Waals surface area contributed by atoms with Crippen LogP contribution in [0.1, 0.15) is 5.89 Å². The van der Waals surface area contributed by atoms with E-state index in [2.05, 4.69) is 4.98 Å². The van der Waals surface area contributed by atoms with Crippen molar-refractivity contribution in [3.05, 3.63) is 46.5 Å². The molecule has 0 aliphatic carbocycles. The van der Waals surface area contributed by atoms with Gasteiger partial charge in [0.1, 0.15) is 6.61 Å². The van der Waals surface area contributed by atoms with Crippen LogP contribution in [0.4, 0.5) is 5.69 Å². The van der Waals surface area contributed by atoms with E-state index >= 15 is 0 Å². The first-order valence-electron chi connectivity index (χ1n) is 4.51. The van der Waals surface area contributed by atoms with Gasteiger partial charge in [-0.05, 0) is 12.1 Å². The second kappa shape index (κ2) is 4.11. The Balaban J connectivity index is 2.30. The van der Waals surface area contributed by atoms with E-state index in [-0.39, 0.29) is 18.2 Å². The molecule has 2 aromatic rings. The van der Waals surface area contributed by atoms with Gasteiger partial charge in [-0.2, -0.15) is 0 Å². The van der Waals surface area contributed by atoms with Crippen molar-refractivity contribution in [3.8, 4) is 11.3 Å². The highest BCUT2D eigenvalue weighted by Gasteiger charge is 2.08. The summed E-state index contributed by atoms with van der Waals surface area (Å²) in [5, 5.41) is 19.2. The van der Waals surface area contributed by atoms with Crippen molar-refractivity contribution in [2.45, 2.75) is 6.61 Å². The summed E-state index contributed by atoms with van der Waals surface area (Å²) in [6.07, 6.45) is 1.46. The minimum Gasteiger partial charge on any atom is -0.438 e. The predicted molar refractivity (Wildman–Crippen MR) is 54.5 cm³/mol. The number of benzene rings is 1. The summed E-state index contributed by atoms with van der Waals surface area (Å²) in [5.74, 6) is 0.687. The standard InChI is InChI=1S/C10H8N2O4/c13-6-10-11-5-9(16-10)7-1-3-8(4-2-7)12(14)15/h1-5,13H,6H2. The van der Waals surface area contributed by atoms with Crippen LogP contribution in [-0.4, -0.2) is 15.0 Å². The zero-order chi connectivity index (χ0) is 11.5. The van der Waals surface area contributed by atoms with Crippen LogP contribution < -0.4 is 0 Å². The highest BCUT2D eigenvalue weighted by molar-refractivity contribution is 5.58. The molecule has 2 rings (SSSR count). The number of aromatic nitrogens is 1. The Morgan fingerprint density at radius 3 is 2.56 bits per heavy atom. The molecule has 1 heterocycles. The number of aliphatic hydroxyl groups excluding tert-OH is 1. The molecule has 1 aromatic carbocycles. The van der Waals surface area contributed by atoms with Gasteiger partial charge in [-0.15, -0.1) is 0 Å². The van der Waals surface area contributed by atoms with E-state index < -0.39 is 4.92 Å². The molecule has 16 heavy (non-hydrogen) atoms. The predicted octanol–water partition coefficient (Wildman–Crippen LogP) is 1.74. The summed E-state index contributed by atoms with van der Waals surface area (Å²) < 4.78 is 5.19. The molecule has 0 fully saturated rings. The molecule has 0 saturated heterocycles. The van der Waals surface area contributed by atoms with Crippen molar-refractivity contribution >= 4 is 5.69 Å². The van der Waals surface area contributed by atoms with Gasteiger partial charge in [0, 0.05) is 17.7 Å². The van der Waals surface area contributed by atoms with Crippen molar-refractivity contribution in [1.29, 1.82) is 0 Å². The van der Waals surface area contributed by atoms with E-state index in [9.17, 15) is 10.1 Å². The highest BCUT2D eigenvalue weighted by atomic mass is 16.6. The van der Waals surface area contributed by atoms with Crippen molar-refractivity contribution in [1.82, 2.24) is 4.98 Å². The lowest BCUT2D eigenvalue weighted by molar-refractivity contribution is -0.384. The fraction of sp³-hybridized carbons (Fsp3) is 0.100. The number of hydrogen-bond acceptors (Lipinski definition) is 5. The third kappa shape index (κ3) is 1.91. The van der Waals surface area contributed by atoms with Gasteiger partial charge in [0.2, 0.25) is 5.89 Å². The fourth-order valence-corrected chi connectivity index (χ4v) is 1.26. The van der Waals surface area contributed by atoms with Gasteiger partial charge in [-0.1, -0.05) is 0 Å². The molecule has 1 aromatic heterocycles. The van der Waals surface area contributed by atoms with E-state index in [4.69, 9.17) is 9.52 Å². The third-order valence-electron chi connectivity index (χ3n) is 2.05. The van der Waals surface area contributed by atoms with E-state index in [1.54, 1.807) is 12.1 Å². The molecule has 6 nitrogen and oxygen atoms in total. The first kappa shape index (κ1) is 10.3. The van der Waals surface area contributed by atoms with Crippen molar-refractivity contribution in [2.75, 3.05) is 0 Å². The molecule has 0 aliphatic rings. The van der Waals surface area contributed by atoms with Gasteiger partial charge >= 0.3 is 0 Å². The quantitative estimate of drug-likeness (QED) is 0.628. The van der Waals surface area contributed by atoms with E-state index in [1.807, 2.05) is 0 Å². The maximum absolute atomic E-state index is 10.4. The van der Waals surface area contributed by atoms with Gasteiger partial charge < -0.3 is 9.52 Å². The summed E-state index contributed by atoms with van der Waals surface area (Å²) in [6, 6.07) is 5.91. The van der Waals surface area contributed by atoms with E-state index in [0.29, 0.717) is 11.3 Å². The van der Waals surface area contributed by atoms with Crippen molar-refractivity contribution < 1.29 is 14.4 Å². The zero-order valence-electron chi connectivity index (χ0n) is 8.16. The molecular formula is C10H8N2O4. The number of nitro benzene ring substituents is 1. The first-order valence-corrected chi connectivity index (χ1v) is 4.51. The summed E-state index contributed by atoms with van der Waals surface area (Å²) in [7, 11) is 0. The van der Waals surface area contributed by atoms with Crippen LogP contribution >= 0.6 is 0 Å². The van der Waals surface area contributed by atoms with Crippen LogP contribution in [0, 0.1) is 10.1 Å². The summed E-state index contributed by atoms with van der Waals surface area (Å²) in [4.78, 5) is 13.8. The summed E-state index contributed by atoms with van der Waals surface area (Å²) in [6.45, 7) is -0.271. The lowest BCUT2D eigenvalue weighted by atomic mass is 10.2. The van der Waals surface area contributed by atoms with Gasteiger partial charge in [-0.25, -0.2) is 4.98 Å². The van der Waals surface area contributed by atoms with Crippen LogP contribution in [0.25, 0.3) is 11.3 Å². The number of aliphatic hydroxyl groups is 1. The Labute approximate surface area is 90.3 Å². The van der Waals surface area contributed by atoms with Crippen LogP contribution in [0.2, 0.25) is 0 Å². The molecule has 6 heteroatoms. The van der Waals surface area contributed by atoms with Gasteiger partial charge in [0.25, 0.3) is 5.69 Å². The maximum Gasteiger partial charge on any atom is 0.269 e. The molecule has 0 aliphatic heterocycles. The molecule has 1 N–H and O–H groups in total. The first-order chi connectivity index (χ1) is 7.70. The van der Waals surface area contributed by atoms with Crippen LogP contribution in [0.15, 0.2) is 34.9 Å².